The molecule has 0 unspecified atom stereocenters. The summed E-state index contributed by atoms with van der Waals surface area (Å²) >= 11 is 9.69. The number of halogens is 2. The Balaban J connectivity index is 2.20. The third-order valence-electron chi connectivity index (χ3n) is 3.12. The molecular weight excluding hydrogens is 354 g/mol. The summed E-state index contributed by atoms with van der Waals surface area (Å²) in [7, 11) is 0. The topological polar surface area (TPSA) is 50.8 Å². The lowest BCUT2D eigenvalue weighted by atomic mass is 10.2. The fourth-order valence-corrected chi connectivity index (χ4v) is 2.90. The Morgan fingerprint density at radius 3 is 2.76 bits per heavy atom. The molecule has 110 valence electrons. The number of nitriles is 1. The Morgan fingerprint density at radius 2 is 2.19 bits per heavy atom. The van der Waals surface area contributed by atoms with E-state index in [1.165, 1.54) is 0 Å². The summed E-state index contributed by atoms with van der Waals surface area (Å²) in [5.41, 5.74) is 2.51. The van der Waals surface area contributed by atoms with Crippen LogP contribution in [0.5, 0.6) is 5.75 Å². The lowest BCUT2D eigenvalue weighted by Crippen LogP contribution is -2.06. The third kappa shape index (κ3) is 3.39. The summed E-state index contributed by atoms with van der Waals surface area (Å²) in [6.45, 7) is 5.25. The van der Waals surface area contributed by atoms with E-state index in [1.807, 2.05) is 17.7 Å². The van der Waals surface area contributed by atoms with Gasteiger partial charge in [-0.3, -0.25) is 4.68 Å². The lowest BCUT2D eigenvalue weighted by molar-refractivity contribution is 0.292. The first-order chi connectivity index (χ1) is 10.1. The van der Waals surface area contributed by atoms with Gasteiger partial charge in [0.25, 0.3) is 0 Å². The summed E-state index contributed by atoms with van der Waals surface area (Å²) in [6, 6.07) is 7.04. The van der Waals surface area contributed by atoms with E-state index in [0.717, 1.165) is 28.8 Å². The largest absolute Gasteiger partial charge is 0.486 e. The van der Waals surface area contributed by atoms with Gasteiger partial charge in [-0.05, 0) is 47.5 Å². The summed E-state index contributed by atoms with van der Waals surface area (Å²) < 4.78 is 8.67. The molecule has 0 saturated carbocycles. The Morgan fingerprint density at radius 1 is 1.43 bits per heavy atom. The third-order valence-corrected chi connectivity index (χ3v) is 4.33. The Kier molecular flexibility index (Phi) is 5.27. The van der Waals surface area contributed by atoms with Gasteiger partial charge >= 0.3 is 0 Å². The minimum Gasteiger partial charge on any atom is -0.486 e. The summed E-state index contributed by atoms with van der Waals surface area (Å²) in [5, 5.41) is 13.8. The van der Waals surface area contributed by atoms with Crippen LogP contribution >= 0.6 is 27.5 Å². The maximum atomic E-state index is 8.83. The van der Waals surface area contributed by atoms with Crippen molar-refractivity contribution in [2.45, 2.75) is 33.4 Å². The van der Waals surface area contributed by atoms with Gasteiger partial charge in [0.05, 0.1) is 32.5 Å². The highest BCUT2D eigenvalue weighted by molar-refractivity contribution is 9.10. The van der Waals surface area contributed by atoms with Crippen LogP contribution in [0.15, 0.2) is 22.7 Å². The van der Waals surface area contributed by atoms with Gasteiger partial charge in [0.15, 0.2) is 0 Å². The summed E-state index contributed by atoms with van der Waals surface area (Å²) in [5.74, 6) is 0.560. The van der Waals surface area contributed by atoms with Crippen LogP contribution in [0, 0.1) is 11.3 Å². The zero-order valence-electron chi connectivity index (χ0n) is 11.9. The number of aromatic nitrogens is 2. The van der Waals surface area contributed by atoms with Crippen LogP contribution in [-0.4, -0.2) is 9.78 Å². The maximum Gasteiger partial charge on any atom is 0.138 e. The average molecular weight is 369 g/mol. The molecular formula is C15H15BrClN3O. The molecule has 0 amide bonds. The van der Waals surface area contributed by atoms with E-state index in [9.17, 15) is 0 Å². The van der Waals surface area contributed by atoms with E-state index in [1.54, 1.807) is 18.2 Å². The molecule has 1 aromatic heterocycles. The molecule has 6 heteroatoms. The predicted octanol–water partition coefficient (Wildman–Crippen LogP) is 4.33. The van der Waals surface area contributed by atoms with Crippen molar-refractivity contribution < 1.29 is 4.74 Å². The van der Waals surface area contributed by atoms with Gasteiger partial charge in [-0.15, -0.1) is 0 Å². The van der Waals surface area contributed by atoms with Crippen molar-refractivity contribution in [3.05, 3.63) is 44.6 Å². The van der Waals surface area contributed by atoms with Gasteiger partial charge in [0.1, 0.15) is 12.4 Å². The SMILES string of the molecule is CCc1nn(CC)c(COc2ccc(C#N)cc2Cl)c1Br. The van der Waals surface area contributed by atoms with E-state index in [4.69, 9.17) is 21.6 Å². The van der Waals surface area contributed by atoms with Crippen molar-refractivity contribution in [3.63, 3.8) is 0 Å². The fourth-order valence-electron chi connectivity index (χ4n) is 1.99. The van der Waals surface area contributed by atoms with Crippen LogP contribution in [0.3, 0.4) is 0 Å². The Labute approximate surface area is 137 Å². The van der Waals surface area contributed by atoms with Gasteiger partial charge in [-0.25, -0.2) is 0 Å². The second kappa shape index (κ2) is 6.97. The first-order valence-corrected chi connectivity index (χ1v) is 7.84. The molecule has 2 rings (SSSR count). The van der Waals surface area contributed by atoms with Gasteiger partial charge in [0, 0.05) is 6.54 Å². The lowest BCUT2D eigenvalue weighted by Gasteiger charge is -2.10. The molecule has 0 bridgehead atoms. The smallest absolute Gasteiger partial charge is 0.138 e. The molecule has 0 atom stereocenters. The van der Waals surface area contributed by atoms with Gasteiger partial charge < -0.3 is 4.74 Å². The van der Waals surface area contributed by atoms with Crippen LogP contribution < -0.4 is 4.74 Å². The van der Waals surface area contributed by atoms with Crippen LogP contribution in [0.4, 0.5) is 0 Å². The number of aryl methyl sites for hydroxylation is 2. The zero-order valence-corrected chi connectivity index (χ0v) is 14.2. The van der Waals surface area contributed by atoms with Crippen LogP contribution in [0.1, 0.15) is 30.8 Å². The summed E-state index contributed by atoms with van der Waals surface area (Å²) in [4.78, 5) is 0. The first-order valence-electron chi connectivity index (χ1n) is 6.67. The molecule has 0 aliphatic carbocycles. The average Bonchev–Trinajstić information content (AvgIpc) is 2.81. The van der Waals surface area contributed by atoms with Gasteiger partial charge in [0.2, 0.25) is 0 Å². The molecule has 0 aliphatic rings. The standard InChI is InChI=1S/C15H15BrClN3O/c1-3-12-15(16)13(20(4-2)19-12)9-21-14-6-5-10(8-18)7-11(14)17/h5-7H,3-4,9H2,1-2H3. The predicted molar refractivity (Wildman–Crippen MR) is 85.5 cm³/mol. The maximum absolute atomic E-state index is 8.83. The van der Waals surface area contributed by atoms with Crippen molar-refractivity contribution in [3.8, 4) is 11.8 Å². The fraction of sp³-hybridized carbons (Fsp3) is 0.333. The Hall–Kier alpha value is -1.51. The van der Waals surface area contributed by atoms with Crippen molar-refractivity contribution in [1.82, 2.24) is 9.78 Å². The van der Waals surface area contributed by atoms with Crippen molar-refractivity contribution >= 4 is 27.5 Å². The molecule has 1 heterocycles. The minimum atomic E-state index is 0.368. The van der Waals surface area contributed by atoms with E-state index in [2.05, 4.69) is 28.0 Å². The highest BCUT2D eigenvalue weighted by Crippen LogP contribution is 2.28. The van der Waals surface area contributed by atoms with E-state index < -0.39 is 0 Å². The highest BCUT2D eigenvalue weighted by Gasteiger charge is 2.15. The molecule has 0 spiro atoms. The van der Waals surface area contributed by atoms with Gasteiger partial charge in [-0.1, -0.05) is 18.5 Å². The zero-order chi connectivity index (χ0) is 15.4. The van der Waals surface area contributed by atoms with Crippen LogP contribution in [-0.2, 0) is 19.6 Å². The quantitative estimate of drug-likeness (QED) is 0.789. The monoisotopic (exact) mass is 367 g/mol. The van der Waals surface area contributed by atoms with Crippen molar-refractivity contribution in [2.75, 3.05) is 0 Å². The first kappa shape index (κ1) is 15.9. The van der Waals surface area contributed by atoms with Crippen LogP contribution in [0.25, 0.3) is 0 Å². The molecule has 0 radical (unpaired) electrons. The number of rotatable bonds is 5. The minimum absolute atomic E-state index is 0.368. The van der Waals surface area contributed by atoms with E-state index in [-0.39, 0.29) is 0 Å². The molecule has 0 fully saturated rings. The number of hydrogen-bond donors (Lipinski definition) is 0. The Bertz CT molecular complexity index is 691. The molecule has 21 heavy (non-hydrogen) atoms. The molecule has 2 aromatic rings. The second-order valence-corrected chi connectivity index (χ2v) is 5.62. The molecule has 0 saturated heterocycles. The summed E-state index contributed by atoms with van der Waals surface area (Å²) in [6.07, 6.45) is 0.859. The van der Waals surface area contributed by atoms with E-state index >= 15 is 0 Å². The number of hydrogen-bond acceptors (Lipinski definition) is 3. The molecule has 0 N–H and O–H groups in total. The van der Waals surface area contributed by atoms with Crippen molar-refractivity contribution in [1.29, 1.82) is 5.26 Å². The number of ether oxygens (including phenoxy) is 1. The molecule has 1 aromatic carbocycles. The van der Waals surface area contributed by atoms with E-state index in [0.29, 0.717) is 22.9 Å². The highest BCUT2D eigenvalue weighted by atomic mass is 79.9. The molecule has 0 aliphatic heterocycles. The number of benzene rings is 1. The molecule has 4 nitrogen and oxygen atoms in total. The second-order valence-electron chi connectivity index (χ2n) is 4.42. The number of nitrogens with zero attached hydrogens (tertiary/aromatic N) is 3. The van der Waals surface area contributed by atoms with Crippen LogP contribution in [0.2, 0.25) is 5.02 Å². The van der Waals surface area contributed by atoms with Crippen molar-refractivity contribution in [2.24, 2.45) is 0 Å². The van der Waals surface area contributed by atoms with Gasteiger partial charge in [-0.2, -0.15) is 10.4 Å². The normalized spacial score (nSPS) is 10.4.